The maximum absolute atomic E-state index is 13.2. The van der Waals surface area contributed by atoms with Gasteiger partial charge in [-0.3, -0.25) is 4.79 Å². The van der Waals surface area contributed by atoms with Crippen LogP contribution in [0.1, 0.15) is 36.2 Å². The first-order valence-corrected chi connectivity index (χ1v) is 11.2. The molecule has 168 valence electrons. The Kier molecular flexibility index (Phi) is 7.14. The van der Waals surface area contributed by atoms with Crippen LogP contribution in [0.25, 0.3) is 5.69 Å². The third-order valence-electron chi connectivity index (χ3n) is 5.72. The number of benzene rings is 2. The fraction of sp³-hybridized carbons (Fsp3) is 0.375. The smallest absolute Gasteiger partial charge is 0.388 e. The lowest BCUT2D eigenvalue weighted by Crippen LogP contribution is -2.51. The summed E-state index contributed by atoms with van der Waals surface area (Å²) < 4.78 is 2.79. The number of nitrogens with zero attached hydrogens (tertiary/aromatic N) is 3. The molecule has 2 heterocycles. The van der Waals surface area contributed by atoms with Crippen molar-refractivity contribution in [1.29, 1.82) is 0 Å². The van der Waals surface area contributed by atoms with Crippen molar-refractivity contribution in [3.8, 4) is 5.69 Å². The summed E-state index contributed by atoms with van der Waals surface area (Å²) in [6, 6.07) is 18.1. The molecule has 3 N–H and O–H groups in total. The number of para-hydroxylation sites is 2. The van der Waals surface area contributed by atoms with Crippen LogP contribution in [0, 0.1) is 0 Å². The van der Waals surface area contributed by atoms with Gasteiger partial charge in [0, 0.05) is 12.2 Å². The molecule has 8 heteroatoms. The van der Waals surface area contributed by atoms with Gasteiger partial charge in [-0.25, -0.2) is 4.79 Å². The Morgan fingerprint density at radius 2 is 1.62 bits per heavy atom. The second-order valence-corrected chi connectivity index (χ2v) is 8.22. The number of anilines is 1. The quantitative estimate of drug-likeness (QED) is 0.494. The maximum atomic E-state index is 13.2. The summed E-state index contributed by atoms with van der Waals surface area (Å²) in [6.07, 6.45) is 3.98. The highest BCUT2D eigenvalue weighted by Gasteiger charge is 2.31. The molecule has 3 aromatic rings. The molecule has 4 rings (SSSR count). The number of aromatic nitrogens is 3. The second-order valence-electron chi connectivity index (χ2n) is 8.22. The van der Waals surface area contributed by atoms with Crippen molar-refractivity contribution in [3.05, 3.63) is 76.7 Å². The number of aliphatic hydroxyl groups is 1. The molecule has 1 fully saturated rings. The Morgan fingerprint density at radius 1 is 1.00 bits per heavy atom. The topological polar surface area (TPSA) is 94.2 Å². The van der Waals surface area contributed by atoms with Crippen molar-refractivity contribution >= 4 is 11.6 Å². The average Bonchev–Trinajstić information content (AvgIpc) is 2.95. The number of hydrogen-bond acceptors (Lipinski definition) is 4. The Balaban J connectivity index is 1.60. The Morgan fingerprint density at radius 3 is 2.28 bits per heavy atom. The standard InChI is InChI=1S/C24H29N5O3/c30-21(17-27-15-9-1-2-10-16-27)18-28-22(23(31)25-19-11-5-3-6-12-19)24(32)29(26-28)20-13-7-4-8-14-20/h3-8,11-14,21,30H,1-2,9-10,15-18H2,(H-,25,26,31,32)/p+1. The van der Waals surface area contributed by atoms with Gasteiger partial charge < -0.3 is 15.3 Å². The van der Waals surface area contributed by atoms with Crippen LogP contribution >= 0.6 is 0 Å². The fourth-order valence-electron chi connectivity index (χ4n) is 4.14. The molecule has 0 radical (unpaired) electrons. The summed E-state index contributed by atoms with van der Waals surface area (Å²) >= 11 is 0. The lowest BCUT2D eigenvalue weighted by atomic mass is 10.2. The first-order valence-electron chi connectivity index (χ1n) is 11.2. The van der Waals surface area contributed by atoms with E-state index >= 15 is 0 Å². The van der Waals surface area contributed by atoms with E-state index in [2.05, 4.69) is 15.4 Å². The Hall–Kier alpha value is -3.23. The van der Waals surface area contributed by atoms with E-state index in [-0.39, 0.29) is 12.2 Å². The number of hydrogen-bond donors (Lipinski definition) is 3. The van der Waals surface area contributed by atoms with Crippen LogP contribution in [0.5, 0.6) is 0 Å². The monoisotopic (exact) mass is 436 g/mol. The van der Waals surface area contributed by atoms with E-state index < -0.39 is 17.6 Å². The van der Waals surface area contributed by atoms with Gasteiger partial charge in [-0.2, -0.15) is 0 Å². The number of likely N-dealkylation sites (tertiary alicyclic amines) is 1. The van der Waals surface area contributed by atoms with Crippen LogP contribution in [0.4, 0.5) is 5.69 Å². The van der Waals surface area contributed by atoms with Gasteiger partial charge in [-0.05, 0) is 50.2 Å². The SMILES string of the molecule is O=C(Nc1ccccc1)c1c(=O)n(-c2ccccc2)[nH][n+]1CC(O)CN1CCCCCC1. The van der Waals surface area contributed by atoms with Crippen molar-refractivity contribution in [2.24, 2.45) is 0 Å². The Labute approximate surface area is 187 Å². The minimum absolute atomic E-state index is 0.0485. The molecule has 2 aromatic carbocycles. The Bertz CT molecular complexity index is 1070. The average molecular weight is 437 g/mol. The zero-order valence-electron chi connectivity index (χ0n) is 18.1. The van der Waals surface area contributed by atoms with Gasteiger partial charge in [0.05, 0.1) is 0 Å². The zero-order valence-corrected chi connectivity index (χ0v) is 18.1. The van der Waals surface area contributed by atoms with E-state index in [0.29, 0.717) is 17.9 Å². The summed E-state index contributed by atoms with van der Waals surface area (Å²) in [5, 5.41) is 16.6. The largest absolute Gasteiger partial charge is 0.411 e. The lowest BCUT2D eigenvalue weighted by Gasteiger charge is -2.22. The molecule has 1 aliphatic rings. The maximum Gasteiger partial charge on any atom is 0.411 e. The van der Waals surface area contributed by atoms with Gasteiger partial charge in [-0.15, -0.1) is 4.68 Å². The highest BCUT2D eigenvalue weighted by atomic mass is 16.3. The molecule has 1 aromatic heterocycles. The predicted octanol–water partition coefficient (Wildman–Crippen LogP) is 1.94. The third kappa shape index (κ3) is 5.33. The molecule has 0 spiro atoms. The first-order chi connectivity index (χ1) is 15.6. The minimum Gasteiger partial charge on any atom is -0.388 e. The van der Waals surface area contributed by atoms with Gasteiger partial charge in [0.15, 0.2) is 5.69 Å². The zero-order chi connectivity index (χ0) is 22.3. The predicted molar refractivity (Wildman–Crippen MR) is 122 cm³/mol. The summed E-state index contributed by atoms with van der Waals surface area (Å²) in [5.41, 5.74) is 0.701. The van der Waals surface area contributed by atoms with E-state index in [1.165, 1.54) is 22.2 Å². The van der Waals surface area contributed by atoms with Gasteiger partial charge in [0.1, 0.15) is 12.6 Å². The van der Waals surface area contributed by atoms with Crippen molar-refractivity contribution in [1.82, 2.24) is 14.8 Å². The summed E-state index contributed by atoms with van der Waals surface area (Å²) in [5.74, 6) is -0.519. The molecular formula is C24H30N5O3+. The second kappa shape index (κ2) is 10.4. The van der Waals surface area contributed by atoms with Crippen LogP contribution in [-0.2, 0) is 6.54 Å². The first kappa shape index (κ1) is 22.0. The van der Waals surface area contributed by atoms with Crippen molar-refractivity contribution in [2.45, 2.75) is 38.3 Å². The number of nitrogens with one attached hydrogen (secondary N) is 2. The van der Waals surface area contributed by atoms with Crippen LogP contribution in [-0.4, -0.2) is 51.5 Å². The number of aromatic amines is 1. The van der Waals surface area contributed by atoms with Gasteiger partial charge >= 0.3 is 17.2 Å². The summed E-state index contributed by atoms with van der Waals surface area (Å²) in [7, 11) is 0. The number of aliphatic hydroxyl groups excluding tert-OH is 1. The number of H-pyrrole nitrogens is 1. The molecule has 1 aliphatic heterocycles. The van der Waals surface area contributed by atoms with Gasteiger partial charge in [-0.1, -0.05) is 59.1 Å². The molecule has 1 atom stereocenters. The number of rotatable bonds is 7. The van der Waals surface area contributed by atoms with Crippen LogP contribution < -0.4 is 15.6 Å². The summed E-state index contributed by atoms with van der Waals surface area (Å²) in [4.78, 5) is 28.5. The normalized spacial score (nSPS) is 15.8. The molecule has 0 saturated carbocycles. The molecule has 32 heavy (non-hydrogen) atoms. The molecule has 1 amide bonds. The van der Waals surface area contributed by atoms with E-state index in [1.54, 1.807) is 24.3 Å². The van der Waals surface area contributed by atoms with Crippen molar-refractivity contribution in [2.75, 3.05) is 25.0 Å². The molecule has 1 saturated heterocycles. The van der Waals surface area contributed by atoms with Crippen LogP contribution in [0.2, 0.25) is 0 Å². The van der Waals surface area contributed by atoms with E-state index in [0.717, 1.165) is 25.9 Å². The van der Waals surface area contributed by atoms with Crippen LogP contribution in [0.3, 0.4) is 0 Å². The van der Waals surface area contributed by atoms with E-state index in [4.69, 9.17) is 0 Å². The number of carbonyl (C=O) groups excluding carboxylic acids is 1. The molecule has 1 unspecified atom stereocenters. The number of β-amino-alcohol motifs (C(OH)–C–C–N with tert-alkyl or cyclic N) is 1. The third-order valence-corrected chi connectivity index (χ3v) is 5.72. The number of amides is 1. The van der Waals surface area contributed by atoms with Crippen LogP contribution in [0.15, 0.2) is 65.5 Å². The van der Waals surface area contributed by atoms with Gasteiger partial charge in [0.25, 0.3) is 0 Å². The van der Waals surface area contributed by atoms with Crippen molar-refractivity contribution in [3.63, 3.8) is 0 Å². The van der Waals surface area contributed by atoms with Crippen molar-refractivity contribution < 1.29 is 14.6 Å². The minimum atomic E-state index is -0.719. The van der Waals surface area contributed by atoms with E-state index in [1.807, 2.05) is 36.4 Å². The number of carbonyl (C=O) groups is 1. The molecule has 8 nitrogen and oxygen atoms in total. The highest BCUT2D eigenvalue weighted by molar-refractivity contribution is 6.01. The highest BCUT2D eigenvalue weighted by Crippen LogP contribution is 2.10. The summed E-state index contributed by atoms with van der Waals surface area (Å²) in [6.45, 7) is 2.55. The molecule has 0 bridgehead atoms. The van der Waals surface area contributed by atoms with Gasteiger partial charge in [0.2, 0.25) is 0 Å². The van der Waals surface area contributed by atoms with E-state index in [9.17, 15) is 14.7 Å². The molecular weight excluding hydrogens is 406 g/mol. The fourth-order valence-corrected chi connectivity index (χ4v) is 4.14. The molecule has 0 aliphatic carbocycles. The lowest BCUT2D eigenvalue weighted by molar-refractivity contribution is -0.761.